The van der Waals surface area contributed by atoms with Gasteiger partial charge in [0.15, 0.2) is 34.5 Å². The molecule has 0 spiro atoms. The lowest BCUT2D eigenvalue weighted by molar-refractivity contribution is -0.152. The molecule has 2 rings (SSSR count). The summed E-state index contributed by atoms with van der Waals surface area (Å²) in [6.07, 6.45) is 1.05. The van der Waals surface area contributed by atoms with Crippen LogP contribution in [0.2, 0.25) is 0 Å². The first kappa shape index (κ1) is 35.4. The Morgan fingerprint density at radius 2 is 1.00 bits per heavy atom. The molecular formula is C28H39N5O11. The highest BCUT2D eigenvalue weighted by molar-refractivity contribution is 6.13. The molecule has 0 fully saturated rings. The van der Waals surface area contributed by atoms with Crippen molar-refractivity contribution in [3.05, 3.63) is 35.4 Å². The number of unbranched alkanes of at least 4 members (excludes halogenated alkanes) is 2. The summed E-state index contributed by atoms with van der Waals surface area (Å²) in [5.74, 6) is -10.5. The van der Waals surface area contributed by atoms with E-state index in [-0.39, 0.29) is 45.4 Å². The van der Waals surface area contributed by atoms with Gasteiger partial charge in [-0.1, -0.05) is 0 Å². The van der Waals surface area contributed by atoms with Crippen LogP contribution >= 0.6 is 0 Å². The van der Waals surface area contributed by atoms with Gasteiger partial charge in [-0.05, 0) is 75.9 Å². The second kappa shape index (κ2) is 16.2. The Hall–Kier alpha value is -4.80. The Bertz CT molecular complexity index is 1240. The number of nitrogens with two attached hydrogens (primary N) is 3. The summed E-state index contributed by atoms with van der Waals surface area (Å²) in [5, 5.41) is 69.8. The van der Waals surface area contributed by atoms with Crippen LogP contribution in [0.25, 0.3) is 0 Å². The van der Waals surface area contributed by atoms with Gasteiger partial charge in [-0.15, -0.1) is 0 Å². The Balaban J connectivity index is 2.80. The quantitative estimate of drug-likeness (QED) is 0.0674. The maximum Gasteiger partial charge on any atom is 0.326 e. The smallest absolute Gasteiger partial charge is 0.326 e. The summed E-state index contributed by atoms with van der Waals surface area (Å²) in [5.41, 5.74) is 15.8. The van der Waals surface area contributed by atoms with Crippen LogP contribution in [0, 0.1) is 0 Å². The summed E-state index contributed by atoms with van der Waals surface area (Å²) < 4.78 is 0. The molecule has 16 nitrogen and oxygen atoms in total. The molecule has 2 aromatic rings. The second-order valence-corrected chi connectivity index (χ2v) is 9.97. The molecule has 0 aliphatic heterocycles. The van der Waals surface area contributed by atoms with Crippen LogP contribution in [-0.2, 0) is 9.59 Å². The Kier molecular flexibility index (Phi) is 13.0. The lowest BCUT2D eigenvalue weighted by atomic mass is 10.00. The highest BCUT2D eigenvalue weighted by Gasteiger charge is 2.41. The first-order valence-corrected chi connectivity index (χ1v) is 13.8. The van der Waals surface area contributed by atoms with Gasteiger partial charge in [0.25, 0.3) is 11.8 Å². The molecule has 3 amide bonds. The number of benzene rings is 2. The van der Waals surface area contributed by atoms with Crippen molar-refractivity contribution in [3.63, 3.8) is 0 Å². The second-order valence-electron chi connectivity index (χ2n) is 9.97. The zero-order chi connectivity index (χ0) is 33.1. The topological polar surface area (TPSA) is 294 Å². The Labute approximate surface area is 252 Å². The van der Waals surface area contributed by atoms with Crippen molar-refractivity contribution >= 4 is 23.7 Å². The lowest BCUT2D eigenvalue weighted by Gasteiger charge is -2.36. The van der Waals surface area contributed by atoms with Crippen molar-refractivity contribution in [1.29, 1.82) is 0 Å². The van der Waals surface area contributed by atoms with Crippen LogP contribution in [0.4, 0.5) is 0 Å². The summed E-state index contributed by atoms with van der Waals surface area (Å²) in [7, 11) is 0. The fourth-order valence-corrected chi connectivity index (χ4v) is 4.60. The van der Waals surface area contributed by atoms with Crippen molar-refractivity contribution in [2.75, 3.05) is 26.2 Å². The average Bonchev–Trinajstić information content (AvgIpc) is 2.98. The first-order chi connectivity index (χ1) is 20.8. The van der Waals surface area contributed by atoms with Gasteiger partial charge in [0.2, 0.25) is 5.91 Å². The van der Waals surface area contributed by atoms with Gasteiger partial charge in [0, 0.05) is 24.2 Å². The molecule has 0 unspecified atom stereocenters. The number of carbonyl (C=O) groups excluding carboxylic acids is 3. The minimum absolute atomic E-state index is 0.0187. The Morgan fingerprint density at radius 1 is 0.614 bits per heavy atom. The fourth-order valence-electron chi connectivity index (χ4n) is 4.60. The summed E-state index contributed by atoms with van der Waals surface area (Å²) in [6, 6.07) is -0.207. The third-order valence-corrected chi connectivity index (χ3v) is 6.85. The normalized spacial score (nSPS) is 12.3. The van der Waals surface area contributed by atoms with E-state index in [4.69, 9.17) is 17.2 Å². The van der Waals surface area contributed by atoms with E-state index in [0.717, 1.165) is 29.2 Å². The number of aromatic hydroxyl groups is 6. The molecule has 2 atom stereocenters. The minimum atomic E-state index is -1.72. The van der Waals surface area contributed by atoms with Crippen LogP contribution in [-0.4, -0.2) is 107 Å². The van der Waals surface area contributed by atoms with E-state index in [1.807, 2.05) is 0 Å². The lowest BCUT2D eigenvalue weighted by Crippen LogP contribution is -2.57. The number of hydrogen-bond acceptors (Lipinski definition) is 13. The van der Waals surface area contributed by atoms with Crippen LogP contribution in [0.5, 0.6) is 34.5 Å². The molecule has 242 valence electrons. The number of nitrogens with zero attached hydrogens (tertiary/aromatic N) is 2. The summed E-state index contributed by atoms with van der Waals surface area (Å²) >= 11 is 0. The van der Waals surface area contributed by atoms with Crippen molar-refractivity contribution in [3.8, 4) is 34.5 Å². The monoisotopic (exact) mass is 621 g/mol. The molecule has 0 bridgehead atoms. The maximum atomic E-state index is 14.2. The van der Waals surface area contributed by atoms with Crippen molar-refractivity contribution in [2.24, 2.45) is 17.2 Å². The van der Waals surface area contributed by atoms with Crippen LogP contribution in [0.3, 0.4) is 0 Å². The highest BCUT2D eigenvalue weighted by atomic mass is 16.4. The van der Waals surface area contributed by atoms with Crippen LogP contribution in [0.15, 0.2) is 24.3 Å². The van der Waals surface area contributed by atoms with Crippen molar-refractivity contribution in [1.82, 2.24) is 9.80 Å². The molecule has 0 aromatic heterocycles. The number of hydrogen-bond donors (Lipinski definition) is 10. The molecule has 16 heteroatoms. The SMILES string of the molecule is NCCCC[C@@H](C(=O)O)N(CCN)C(=O)[C@H](CCCCN)N(C(=O)c1cc(O)c(O)c(O)c1)C(=O)c1cc(O)c(O)c(O)c1. The molecule has 0 aliphatic carbocycles. The van der Waals surface area contributed by atoms with E-state index in [1.54, 1.807) is 0 Å². The number of imide groups is 1. The zero-order valence-corrected chi connectivity index (χ0v) is 23.9. The van der Waals surface area contributed by atoms with E-state index in [1.165, 1.54) is 0 Å². The van der Waals surface area contributed by atoms with E-state index >= 15 is 0 Å². The maximum absolute atomic E-state index is 14.2. The third kappa shape index (κ3) is 8.40. The number of phenolic OH excluding ortho intramolecular Hbond substituents is 6. The average molecular weight is 622 g/mol. The van der Waals surface area contributed by atoms with Gasteiger partial charge < -0.3 is 57.8 Å². The molecular weight excluding hydrogens is 582 g/mol. The molecule has 2 aromatic carbocycles. The predicted octanol–water partition coefficient (Wildman–Crippen LogP) is 0.0699. The number of carboxylic acid groups (broad SMARTS) is 1. The van der Waals surface area contributed by atoms with Crippen LogP contribution < -0.4 is 17.2 Å². The number of aliphatic carboxylic acids is 1. The standard InChI is InChI=1S/C28H39N5O11/c29-7-3-1-5-17(27(42)32(10-9-31)18(28(43)44)6-2-4-8-30)33(25(40)15-11-19(34)23(38)20(35)12-15)26(41)16-13-21(36)24(39)22(37)14-16/h11-14,17-18,34-39H,1-10,29-31H2,(H,43,44)/t17-,18-/m0/s1. The van der Waals surface area contributed by atoms with Crippen molar-refractivity contribution in [2.45, 2.75) is 50.6 Å². The van der Waals surface area contributed by atoms with Gasteiger partial charge >= 0.3 is 5.97 Å². The molecule has 0 radical (unpaired) electrons. The number of amides is 3. The molecule has 0 heterocycles. The summed E-state index contributed by atoms with van der Waals surface area (Å²) in [6.45, 7) is -0.00722. The van der Waals surface area contributed by atoms with Gasteiger partial charge in [-0.25, -0.2) is 4.79 Å². The van der Waals surface area contributed by atoms with Crippen molar-refractivity contribution < 1.29 is 54.9 Å². The predicted molar refractivity (Wildman–Crippen MR) is 155 cm³/mol. The third-order valence-electron chi connectivity index (χ3n) is 6.85. The zero-order valence-electron chi connectivity index (χ0n) is 23.9. The van der Waals surface area contributed by atoms with Crippen LogP contribution in [0.1, 0.15) is 59.2 Å². The fraction of sp³-hybridized carbons (Fsp3) is 0.429. The number of rotatable bonds is 16. The number of phenols is 6. The number of carbonyl (C=O) groups is 4. The van der Waals surface area contributed by atoms with Gasteiger partial charge in [-0.3, -0.25) is 19.3 Å². The molecule has 0 saturated heterocycles. The molecule has 44 heavy (non-hydrogen) atoms. The van der Waals surface area contributed by atoms with E-state index in [0.29, 0.717) is 24.2 Å². The van der Waals surface area contributed by atoms with Gasteiger partial charge in [-0.2, -0.15) is 0 Å². The molecule has 0 saturated carbocycles. The van der Waals surface area contributed by atoms with E-state index < -0.39 is 81.4 Å². The largest absolute Gasteiger partial charge is 0.504 e. The first-order valence-electron chi connectivity index (χ1n) is 13.8. The highest BCUT2D eigenvalue weighted by Crippen LogP contribution is 2.38. The minimum Gasteiger partial charge on any atom is -0.504 e. The van der Waals surface area contributed by atoms with Gasteiger partial charge in [0.05, 0.1) is 0 Å². The van der Waals surface area contributed by atoms with Gasteiger partial charge in [0.1, 0.15) is 12.1 Å². The Morgan fingerprint density at radius 3 is 1.34 bits per heavy atom. The molecule has 0 aliphatic rings. The van der Waals surface area contributed by atoms with E-state index in [9.17, 15) is 54.9 Å². The summed E-state index contributed by atoms with van der Waals surface area (Å²) in [4.78, 5) is 55.8. The van der Waals surface area contributed by atoms with E-state index in [2.05, 4.69) is 0 Å². The number of carboxylic acids is 1. The molecule has 13 N–H and O–H groups in total.